The highest BCUT2D eigenvalue weighted by Gasteiger charge is 2.25. The summed E-state index contributed by atoms with van der Waals surface area (Å²) in [5, 5.41) is 0. The van der Waals surface area contributed by atoms with Crippen molar-refractivity contribution in [2.45, 2.75) is 25.4 Å². The summed E-state index contributed by atoms with van der Waals surface area (Å²) in [5.74, 6) is -0.704. The van der Waals surface area contributed by atoms with Crippen molar-refractivity contribution in [3.05, 3.63) is 35.9 Å². The highest BCUT2D eigenvalue weighted by Crippen LogP contribution is 2.38. The van der Waals surface area contributed by atoms with Crippen LogP contribution in [0.4, 0.5) is 0 Å². The number of carbonyl (C=O) groups is 1. The van der Waals surface area contributed by atoms with Crippen LogP contribution < -0.4 is 0 Å². The van der Waals surface area contributed by atoms with E-state index in [0.29, 0.717) is 12.8 Å². The first kappa shape index (κ1) is 22.0. The van der Waals surface area contributed by atoms with Crippen molar-refractivity contribution in [3.8, 4) is 0 Å². The Labute approximate surface area is 144 Å². The maximum absolute atomic E-state index is 11.8. The Morgan fingerprint density at radius 3 is 1.96 bits per heavy atom. The standard InChI is InChI=1S/C13H20O10P2/c14-13(8-4-7-11-5-2-1-3-6-11)23-12(9-21-24(15,16)17)10-22-25(18,19)20/h1-3,5-6,12H,4,7-10H2,(H2,15,16,17)(H2,18,19,20). The zero-order chi connectivity index (χ0) is 18.9. The summed E-state index contributed by atoms with van der Waals surface area (Å²) in [7, 11) is -9.66. The van der Waals surface area contributed by atoms with Gasteiger partial charge in [0.1, 0.15) is 6.10 Å². The zero-order valence-corrected chi connectivity index (χ0v) is 14.9. The van der Waals surface area contributed by atoms with E-state index in [1.807, 2.05) is 30.3 Å². The SMILES string of the molecule is O=C(CCCc1ccccc1)OC(COP(=O)(O)O)COP(=O)(O)O. The van der Waals surface area contributed by atoms with E-state index >= 15 is 0 Å². The molecule has 1 rings (SSSR count). The summed E-state index contributed by atoms with van der Waals surface area (Å²) in [5.41, 5.74) is 1.03. The molecule has 0 fully saturated rings. The third kappa shape index (κ3) is 12.0. The summed E-state index contributed by atoms with van der Waals surface area (Å²) in [6.07, 6.45) is -0.270. The van der Waals surface area contributed by atoms with Gasteiger partial charge in [-0.2, -0.15) is 0 Å². The molecule has 0 aromatic heterocycles. The van der Waals surface area contributed by atoms with Crippen LogP contribution in [0.15, 0.2) is 30.3 Å². The quantitative estimate of drug-likeness (QED) is 0.314. The van der Waals surface area contributed by atoms with Crippen LogP contribution in [-0.2, 0) is 34.1 Å². The maximum Gasteiger partial charge on any atom is 0.469 e. The average Bonchev–Trinajstić information content (AvgIpc) is 2.49. The van der Waals surface area contributed by atoms with Gasteiger partial charge in [-0.15, -0.1) is 0 Å². The Balaban J connectivity index is 2.46. The fraction of sp³-hybridized carbons (Fsp3) is 0.462. The fourth-order valence-corrected chi connectivity index (χ4v) is 2.52. The second-order valence-corrected chi connectivity index (χ2v) is 7.50. The van der Waals surface area contributed by atoms with Crippen molar-refractivity contribution < 1.29 is 47.3 Å². The third-order valence-corrected chi connectivity index (χ3v) is 3.82. The number of hydrogen-bond acceptors (Lipinski definition) is 6. The molecular weight excluding hydrogens is 378 g/mol. The molecule has 0 saturated heterocycles. The van der Waals surface area contributed by atoms with Crippen molar-refractivity contribution in [2.24, 2.45) is 0 Å². The van der Waals surface area contributed by atoms with E-state index in [1.54, 1.807) is 0 Å². The molecule has 12 heteroatoms. The van der Waals surface area contributed by atoms with E-state index in [2.05, 4.69) is 9.05 Å². The molecule has 0 bridgehead atoms. The molecule has 1 aromatic carbocycles. The van der Waals surface area contributed by atoms with E-state index in [9.17, 15) is 13.9 Å². The Hall–Kier alpha value is -1.09. The van der Waals surface area contributed by atoms with Crippen LogP contribution in [0, 0.1) is 0 Å². The first-order valence-electron chi connectivity index (χ1n) is 7.19. The Morgan fingerprint density at radius 2 is 1.48 bits per heavy atom. The molecular formula is C13H20O10P2. The topological polar surface area (TPSA) is 160 Å². The number of phosphoric ester groups is 2. The predicted molar refractivity (Wildman–Crippen MR) is 85.3 cm³/mol. The van der Waals surface area contributed by atoms with Crippen LogP contribution in [-0.4, -0.2) is 44.9 Å². The minimum absolute atomic E-state index is 0.0111. The van der Waals surface area contributed by atoms with Crippen LogP contribution in [0.2, 0.25) is 0 Å². The summed E-state index contributed by atoms with van der Waals surface area (Å²) >= 11 is 0. The van der Waals surface area contributed by atoms with Crippen molar-refractivity contribution in [3.63, 3.8) is 0 Å². The lowest BCUT2D eigenvalue weighted by atomic mass is 10.1. The molecule has 0 aliphatic rings. The Bertz CT molecular complexity index is 597. The summed E-state index contributed by atoms with van der Waals surface area (Å²) in [6.45, 7) is -1.54. The van der Waals surface area contributed by atoms with E-state index in [-0.39, 0.29) is 6.42 Å². The normalized spacial score (nSPS) is 12.4. The molecule has 0 spiro atoms. The van der Waals surface area contributed by atoms with Gasteiger partial charge in [0.15, 0.2) is 0 Å². The molecule has 0 heterocycles. The predicted octanol–water partition coefficient (Wildman–Crippen LogP) is 1.14. The lowest BCUT2D eigenvalue weighted by Crippen LogP contribution is -2.28. The molecule has 0 radical (unpaired) electrons. The monoisotopic (exact) mass is 398 g/mol. The number of aryl methyl sites for hydroxylation is 1. The van der Waals surface area contributed by atoms with Gasteiger partial charge in [-0.1, -0.05) is 30.3 Å². The first-order chi connectivity index (χ1) is 11.6. The number of phosphoric acid groups is 2. The molecule has 0 saturated carbocycles. The summed E-state index contributed by atoms with van der Waals surface area (Å²) in [6, 6.07) is 9.39. The molecule has 10 nitrogen and oxygen atoms in total. The highest BCUT2D eigenvalue weighted by molar-refractivity contribution is 7.46. The first-order valence-corrected chi connectivity index (χ1v) is 10.2. The summed E-state index contributed by atoms with van der Waals surface area (Å²) < 4.78 is 34.7. The average molecular weight is 398 g/mol. The van der Waals surface area contributed by atoms with E-state index in [1.165, 1.54) is 0 Å². The maximum atomic E-state index is 11.8. The van der Waals surface area contributed by atoms with E-state index in [4.69, 9.17) is 24.3 Å². The van der Waals surface area contributed by atoms with Gasteiger partial charge >= 0.3 is 21.6 Å². The molecule has 0 aliphatic carbocycles. The Kier molecular flexibility index (Phi) is 8.92. The lowest BCUT2D eigenvalue weighted by molar-refractivity contribution is -0.153. The molecule has 0 amide bonds. The number of carbonyl (C=O) groups excluding carboxylic acids is 1. The van der Waals surface area contributed by atoms with Crippen molar-refractivity contribution in [2.75, 3.05) is 13.2 Å². The van der Waals surface area contributed by atoms with Crippen molar-refractivity contribution in [1.29, 1.82) is 0 Å². The number of esters is 1. The molecule has 0 atom stereocenters. The van der Waals surface area contributed by atoms with Gasteiger partial charge in [0.05, 0.1) is 13.2 Å². The van der Waals surface area contributed by atoms with E-state index < -0.39 is 40.9 Å². The zero-order valence-electron chi connectivity index (χ0n) is 13.1. The molecule has 4 N–H and O–H groups in total. The second kappa shape index (κ2) is 10.2. The van der Waals surface area contributed by atoms with Gasteiger partial charge in [0, 0.05) is 6.42 Å². The Morgan fingerprint density at radius 1 is 0.960 bits per heavy atom. The minimum Gasteiger partial charge on any atom is -0.457 e. The van der Waals surface area contributed by atoms with Crippen molar-refractivity contribution in [1.82, 2.24) is 0 Å². The smallest absolute Gasteiger partial charge is 0.457 e. The largest absolute Gasteiger partial charge is 0.469 e. The highest BCUT2D eigenvalue weighted by atomic mass is 31.2. The van der Waals surface area contributed by atoms with Gasteiger partial charge in [-0.3, -0.25) is 13.8 Å². The van der Waals surface area contributed by atoms with Gasteiger partial charge < -0.3 is 24.3 Å². The van der Waals surface area contributed by atoms with E-state index in [0.717, 1.165) is 5.56 Å². The van der Waals surface area contributed by atoms with Crippen molar-refractivity contribution >= 4 is 21.6 Å². The molecule has 1 aromatic rings. The van der Waals surface area contributed by atoms with Crippen LogP contribution in [0.1, 0.15) is 18.4 Å². The van der Waals surface area contributed by atoms with Crippen LogP contribution >= 0.6 is 15.6 Å². The van der Waals surface area contributed by atoms with Crippen LogP contribution in [0.5, 0.6) is 0 Å². The number of benzene rings is 1. The third-order valence-electron chi connectivity index (χ3n) is 2.84. The van der Waals surface area contributed by atoms with Gasteiger partial charge in [0.25, 0.3) is 0 Å². The lowest BCUT2D eigenvalue weighted by Gasteiger charge is -2.18. The van der Waals surface area contributed by atoms with Crippen LogP contribution in [0.3, 0.4) is 0 Å². The number of rotatable bonds is 11. The second-order valence-electron chi connectivity index (χ2n) is 5.02. The molecule has 0 unspecified atom stereocenters. The van der Waals surface area contributed by atoms with Gasteiger partial charge in [-0.05, 0) is 18.4 Å². The minimum atomic E-state index is -4.83. The van der Waals surface area contributed by atoms with Gasteiger partial charge in [0.2, 0.25) is 0 Å². The van der Waals surface area contributed by atoms with Gasteiger partial charge in [-0.25, -0.2) is 9.13 Å². The summed E-state index contributed by atoms with van der Waals surface area (Å²) in [4.78, 5) is 46.4. The molecule has 25 heavy (non-hydrogen) atoms. The number of hydrogen-bond donors (Lipinski definition) is 4. The fourth-order valence-electron chi connectivity index (χ4n) is 1.80. The number of ether oxygens (including phenoxy) is 1. The molecule has 142 valence electrons. The molecule has 0 aliphatic heterocycles. The van der Waals surface area contributed by atoms with Crippen LogP contribution in [0.25, 0.3) is 0 Å².